The van der Waals surface area contributed by atoms with Crippen molar-refractivity contribution in [2.24, 2.45) is 4.99 Å². The van der Waals surface area contributed by atoms with Gasteiger partial charge in [-0.05, 0) is 24.6 Å². The Morgan fingerprint density at radius 2 is 2.07 bits per heavy atom. The van der Waals surface area contributed by atoms with Gasteiger partial charge >= 0.3 is 0 Å². The molecule has 28 heavy (non-hydrogen) atoms. The molecule has 0 amide bonds. The van der Waals surface area contributed by atoms with Crippen LogP contribution in [0.4, 0.5) is 4.39 Å². The molecule has 2 aliphatic heterocycles. The number of hydrogen-bond acceptors (Lipinski definition) is 7. The van der Waals surface area contributed by atoms with Gasteiger partial charge in [-0.1, -0.05) is 12.1 Å². The highest BCUT2D eigenvalue weighted by atomic mass is 32.1. The molecule has 0 spiro atoms. The lowest BCUT2D eigenvalue weighted by Gasteiger charge is -2.35. The van der Waals surface area contributed by atoms with E-state index >= 15 is 0 Å². The van der Waals surface area contributed by atoms with E-state index < -0.39 is 5.54 Å². The molecule has 0 saturated carbocycles. The SMILES string of the molecule is CC1(c2ccc(F)cc2)N=C(c2nccs2)NC(CN2CCOCC2)=C1C#N. The second-order valence-electron chi connectivity index (χ2n) is 6.86. The summed E-state index contributed by atoms with van der Waals surface area (Å²) in [5.74, 6) is 0.311. The van der Waals surface area contributed by atoms with Crippen LogP contribution in [-0.4, -0.2) is 48.6 Å². The summed E-state index contributed by atoms with van der Waals surface area (Å²) in [6.45, 7) is 5.46. The Morgan fingerprint density at radius 1 is 1.32 bits per heavy atom. The Hall–Kier alpha value is -2.60. The maximum absolute atomic E-state index is 13.5. The van der Waals surface area contributed by atoms with Crippen LogP contribution in [0, 0.1) is 17.1 Å². The summed E-state index contributed by atoms with van der Waals surface area (Å²) in [7, 11) is 0. The van der Waals surface area contributed by atoms with Crippen LogP contribution in [0.2, 0.25) is 0 Å². The molecule has 8 heteroatoms. The van der Waals surface area contributed by atoms with Crippen molar-refractivity contribution in [3.8, 4) is 6.07 Å². The van der Waals surface area contributed by atoms with Crippen LogP contribution < -0.4 is 5.32 Å². The van der Waals surface area contributed by atoms with Gasteiger partial charge < -0.3 is 10.1 Å². The maximum Gasteiger partial charge on any atom is 0.163 e. The number of morpholine rings is 1. The molecule has 1 unspecified atom stereocenters. The molecule has 1 atom stereocenters. The molecule has 0 bridgehead atoms. The molecule has 1 fully saturated rings. The maximum atomic E-state index is 13.5. The van der Waals surface area contributed by atoms with Gasteiger partial charge in [0.2, 0.25) is 0 Å². The number of nitrogens with zero attached hydrogens (tertiary/aromatic N) is 4. The third-order valence-corrected chi connectivity index (χ3v) is 5.81. The van der Waals surface area contributed by atoms with Crippen molar-refractivity contribution in [2.75, 3.05) is 32.8 Å². The van der Waals surface area contributed by atoms with Gasteiger partial charge in [-0.25, -0.2) is 14.4 Å². The predicted octanol–water partition coefficient (Wildman–Crippen LogP) is 2.66. The summed E-state index contributed by atoms with van der Waals surface area (Å²) >= 11 is 1.48. The van der Waals surface area contributed by atoms with E-state index in [0.717, 1.165) is 29.4 Å². The number of benzene rings is 1. The van der Waals surface area contributed by atoms with Gasteiger partial charge in [-0.3, -0.25) is 4.90 Å². The number of nitriles is 1. The average molecular weight is 397 g/mol. The van der Waals surface area contributed by atoms with E-state index in [9.17, 15) is 9.65 Å². The molecule has 0 radical (unpaired) electrons. The third-order valence-electron chi connectivity index (χ3n) is 5.03. The lowest BCUT2D eigenvalue weighted by Crippen LogP contribution is -2.45. The highest BCUT2D eigenvalue weighted by Gasteiger charge is 2.38. The zero-order valence-corrected chi connectivity index (χ0v) is 16.3. The molecule has 1 aromatic carbocycles. The van der Waals surface area contributed by atoms with Gasteiger partial charge in [-0.2, -0.15) is 5.26 Å². The largest absolute Gasteiger partial charge is 0.379 e. The predicted molar refractivity (Wildman–Crippen MR) is 105 cm³/mol. The minimum absolute atomic E-state index is 0.318. The van der Waals surface area contributed by atoms with Crippen molar-refractivity contribution >= 4 is 17.2 Å². The van der Waals surface area contributed by atoms with Crippen molar-refractivity contribution in [2.45, 2.75) is 12.5 Å². The zero-order chi connectivity index (χ0) is 19.6. The van der Waals surface area contributed by atoms with E-state index in [0.29, 0.717) is 31.2 Å². The Bertz CT molecular complexity index is 942. The normalized spacial score (nSPS) is 23.1. The van der Waals surface area contributed by atoms with Crippen molar-refractivity contribution < 1.29 is 9.13 Å². The van der Waals surface area contributed by atoms with E-state index in [-0.39, 0.29) is 5.82 Å². The Morgan fingerprint density at radius 3 is 2.71 bits per heavy atom. The number of aromatic nitrogens is 1. The molecule has 0 aliphatic carbocycles. The number of hydrogen-bond donors (Lipinski definition) is 1. The minimum Gasteiger partial charge on any atom is -0.379 e. The molecule has 2 aliphatic rings. The fourth-order valence-corrected chi connectivity index (χ4v) is 4.09. The van der Waals surface area contributed by atoms with Crippen molar-refractivity contribution in [3.05, 3.63) is 63.5 Å². The first-order valence-corrected chi connectivity index (χ1v) is 9.95. The lowest BCUT2D eigenvalue weighted by molar-refractivity contribution is 0.0416. The monoisotopic (exact) mass is 397 g/mol. The standard InChI is InChI=1S/C20H20FN5OS/c1-20(14-2-4-15(21)5-3-14)16(12-22)17(13-26-7-9-27-10-8-26)24-18(25-20)19-23-6-11-28-19/h2-6,11H,7-10,13H2,1H3,(H,24,25). The van der Waals surface area contributed by atoms with Crippen LogP contribution in [0.25, 0.3) is 0 Å². The highest BCUT2D eigenvalue weighted by molar-refractivity contribution is 7.11. The Balaban J connectivity index is 1.79. The number of rotatable bonds is 4. The molecule has 1 aromatic heterocycles. The number of ether oxygens (including phenoxy) is 1. The number of amidine groups is 1. The van der Waals surface area contributed by atoms with E-state index in [1.54, 1.807) is 18.3 Å². The van der Waals surface area contributed by atoms with E-state index in [4.69, 9.17) is 9.73 Å². The van der Waals surface area contributed by atoms with E-state index in [1.807, 2.05) is 12.3 Å². The third kappa shape index (κ3) is 3.56. The van der Waals surface area contributed by atoms with Crippen LogP contribution >= 0.6 is 11.3 Å². The van der Waals surface area contributed by atoms with Gasteiger partial charge in [0.05, 0.1) is 24.9 Å². The second kappa shape index (κ2) is 7.80. The molecule has 144 valence electrons. The first-order chi connectivity index (χ1) is 13.6. The molecule has 2 aromatic rings. The lowest BCUT2D eigenvalue weighted by atomic mass is 9.83. The van der Waals surface area contributed by atoms with Gasteiger partial charge in [0, 0.05) is 36.9 Å². The molecule has 4 rings (SSSR count). The minimum atomic E-state index is -0.920. The summed E-state index contributed by atoms with van der Waals surface area (Å²) in [6.07, 6.45) is 1.73. The van der Waals surface area contributed by atoms with Crippen LogP contribution in [0.5, 0.6) is 0 Å². The zero-order valence-electron chi connectivity index (χ0n) is 15.5. The van der Waals surface area contributed by atoms with Gasteiger partial charge in [0.15, 0.2) is 10.8 Å². The van der Waals surface area contributed by atoms with Crippen molar-refractivity contribution in [3.63, 3.8) is 0 Å². The summed E-state index contributed by atoms with van der Waals surface area (Å²) in [5, 5.41) is 16.0. The summed E-state index contributed by atoms with van der Waals surface area (Å²) in [4.78, 5) is 11.5. The number of halogens is 1. The van der Waals surface area contributed by atoms with Gasteiger partial charge in [-0.15, -0.1) is 11.3 Å². The van der Waals surface area contributed by atoms with Gasteiger partial charge in [0.25, 0.3) is 0 Å². The average Bonchev–Trinajstić information content (AvgIpc) is 3.24. The summed E-state index contributed by atoms with van der Waals surface area (Å²) in [5.41, 5.74) is 1.18. The summed E-state index contributed by atoms with van der Waals surface area (Å²) < 4.78 is 18.9. The van der Waals surface area contributed by atoms with Crippen molar-refractivity contribution in [1.82, 2.24) is 15.2 Å². The van der Waals surface area contributed by atoms with Crippen LogP contribution in [-0.2, 0) is 10.3 Å². The smallest absolute Gasteiger partial charge is 0.163 e. The quantitative estimate of drug-likeness (QED) is 0.859. The molecular weight excluding hydrogens is 377 g/mol. The number of nitrogens with one attached hydrogen (secondary N) is 1. The topological polar surface area (TPSA) is 73.5 Å². The van der Waals surface area contributed by atoms with Crippen molar-refractivity contribution in [1.29, 1.82) is 5.26 Å². The first-order valence-electron chi connectivity index (χ1n) is 9.07. The van der Waals surface area contributed by atoms with E-state index in [1.165, 1.54) is 23.5 Å². The highest BCUT2D eigenvalue weighted by Crippen LogP contribution is 2.38. The number of aliphatic imine (C=N–C) groups is 1. The fraction of sp³-hybridized carbons (Fsp3) is 0.350. The second-order valence-corrected chi connectivity index (χ2v) is 7.75. The molecule has 1 saturated heterocycles. The van der Waals surface area contributed by atoms with Crippen LogP contribution in [0.1, 0.15) is 17.5 Å². The molecule has 6 nitrogen and oxygen atoms in total. The molecule has 3 heterocycles. The molecule has 1 N–H and O–H groups in total. The number of thiazole rings is 1. The first kappa shape index (κ1) is 18.7. The Kier molecular flexibility index (Phi) is 5.22. The molecular formula is C20H20FN5OS. The fourth-order valence-electron chi connectivity index (χ4n) is 3.51. The Labute approximate surface area is 167 Å². The van der Waals surface area contributed by atoms with Crippen LogP contribution in [0.3, 0.4) is 0 Å². The van der Waals surface area contributed by atoms with Crippen LogP contribution in [0.15, 0.2) is 52.1 Å². The summed E-state index contributed by atoms with van der Waals surface area (Å²) in [6, 6.07) is 8.53. The van der Waals surface area contributed by atoms with E-state index in [2.05, 4.69) is 21.3 Å². The van der Waals surface area contributed by atoms with Gasteiger partial charge in [0.1, 0.15) is 11.4 Å².